The number of hydrogen-bond donors (Lipinski definition) is 2. The predicted octanol–water partition coefficient (Wildman–Crippen LogP) is 3.92. The molecule has 1 heterocycles. The Bertz CT molecular complexity index is 683. The van der Waals surface area contributed by atoms with Gasteiger partial charge in [-0.3, -0.25) is 20.5 Å². The van der Waals surface area contributed by atoms with Gasteiger partial charge in [-0.15, -0.1) is 0 Å². The number of amides is 2. The standard InChI is InChI=1S/C21H33N3O4/c1-14(2)13-16-17(18(25)23-22-15-11-9-8-10-12-15)27-21(6,7)24(16)19(26)28-20(3,4)5/h8-12,14,16-17,22H,13H2,1-7H3,(H,23,25)/t16-,17?/m0/s1. The van der Waals surface area contributed by atoms with Crippen LogP contribution in [-0.4, -0.2) is 40.4 Å². The van der Waals surface area contributed by atoms with Gasteiger partial charge in [-0.05, 0) is 59.1 Å². The maximum Gasteiger partial charge on any atom is 0.412 e. The van der Waals surface area contributed by atoms with Crippen LogP contribution in [0.4, 0.5) is 10.5 Å². The number of nitrogens with one attached hydrogen (secondary N) is 2. The Morgan fingerprint density at radius 2 is 1.82 bits per heavy atom. The summed E-state index contributed by atoms with van der Waals surface area (Å²) >= 11 is 0. The molecule has 28 heavy (non-hydrogen) atoms. The van der Waals surface area contributed by atoms with Crippen LogP contribution in [0.25, 0.3) is 0 Å². The molecule has 0 radical (unpaired) electrons. The molecule has 2 N–H and O–H groups in total. The number of hydrogen-bond acceptors (Lipinski definition) is 5. The summed E-state index contributed by atoms with van der Waals surface area (Å²) in [6.07, 6.45) is -0.665. The van der Waals surface area contributed by atoms with Gasteiger partial charge in [0.15, 0.2) is 6.10 Å². The summed E-state index contributed by atoms with van der Waals surface area (Å²) in [7, 11) is 0. The first-order valence-electron chi connectivity index (χ1n) is 9.72. The number of nitrogens with zero attached hydrogens (tertiary/aromatic N) is 1. The summed E-state index contributed by atoms with van der Waals surface area (Å²) in [5.41, 5.74) is 4.75. The molecule has 0 aromatic heterocycles. The van der Waals surface area contributed by atoms with Gasteiger partial charge >= 0.3 is 6.09 Å². The SMILES string of the molecule is CC(C)C[C@H]1C(C(=O)NNc2ccccc2)OC(C)(C)N1C(=O)OC(C)(C)C. The van der Waals surface area contributed by atoms with Crippen molar-refractivity contribution in [2.24, 2.45) is 5.92 Å². The Morgan fingerprint density at radius 3 is 2.36 bits per heavy atom. The lowest BCUT2D eigenvalue weighted by Crippen LogP contribution is -2.52. The summed E-state index contributed by atoms with van der Waals surface area (Å²) in [5.74, 6) is -0.0570. The average molecular weight is 392 g/mol. The first kappa shape index (κ1) is 22.0. The van der Waals surface area contributed by atoms with E-state index in [1.54, 1.807) is 18.7 Å². The van der Waals surface area contributed by atoms with Crippen molar-refractivity contribution in [3.8, 4) is 0 Å². The molecule has 156 valence electrons. The van der Waals surface area contributed by atoms with Crippen molar-refractivity contribution in [3.05, 3.63) is 30.3 Å². The lowest BCUT2D eigenvalue weighted by molar-refractivity contribution is -0.138. The maximum atomic E-state index is 12.9. The van der Waals surface area contributed by atoms with E-state index in [9.17, 15) is 9.59 Å². The molecule has 2 rings (SSSR count). The molecule has 0 spiro atoms. The fourth-order valence-electron chi connectivity index (χ4n) is 3.31. The van der Waals surface area contributed by atoms with Gasteiger partial charge in [-0.25, -0.2) is 4.79 Å². The number of hydrazine groups is 1. The van der Waals surface area contributed by atoms with E-state index in [1.165, 1.54) is 0 Å². The van der Waals surface area contributed by atoms with Crippen molar-refractivity contribution >= 4 is 17.7 Å². The van der Waals surface area contributed by atoms with Gasteiger partial charge in [-0.1, -0.05) is 32.0 Å². The summed E-state index contributed by atoms with van der Waals surface area (Å²) in [6.45, 7) is 13.1. The Labute approximate surface area is 167 Å². The third-order valence-electron chi connectivity index (χ3n) is 4.34. The molecular weight excluding hydrogens is 358 g/mol. The maximum absolute atomic E-state index is 12.9. The van der Waals surface area contributed by atoms with Crippen LogP contribution >= 0.6 is 0 Å². The fourth-order valence-corrected chi connectivity index (χ4v) is 3.31. The molecule has 1 saturated heterocycles. The topological polar surface area (TPSA) is 79.9 Å². The van der Waals surface area contributed by atoms with Crippen molar-refractivity contribution in [2.75, 3.05) is 5.43 Å². The Balaban J connectivity index is 2.20. The number of benzene rings is 1. The van der Waals surface area contributed by atoms with E-state index in [4.69, 9.17) is 9.47 Å². The van der Waals surface area contributed by atoms with Crippen LogP contribution in [-0.2, 0) is 14.3 Å². The Morgan fingerprint density at radius 1 is 1.21 bits per heavy atom. The molecule has 2 atom stereocenters. The van der Waals surface area contributed by atoms with Crippen molar-refractivity contribution in [1.29, 1.82) is 0 Å². The third-order valence-corrected chi connectivity index (χ3v) is 4.34. The lowest BCUT2D eigenvalue weighted by Gasteiger charge is -2.35. The van der Waals surface area contributed by atoms with Gasteiger partial charge in [0.2, 0.25) is 0 Å². The van der Waals surface area contributed by atoms with Crippen molar-refractivity contribution in [3.63, 3.8) is 0 Å². The number of ether oxygens (including phenoxy) is 2. The van der Waals surface area contributed by atoms with Crippen molar-refractivity contribution < 1.29 is 19.1 Å². The smallest absolute Gasteiger partial charge is 0.412 e. The van der Waals surface area contributed by atoms with E-state index in [-0.39, 0.29) is 11.8 Å². The van der Waals surface area contributed by atoms with Crippen molar-refractivity contribution in [2.45, 2.75) is 78.4 Å². The second kappa shape index (κ2) is 8.39. The van der Waals surface area contributed by atoms with E-state index in [0.717, 1.165) is 5.69 Å². The first-order valence-corrected chi connectivity index (χ1v) is 9.72. The summed E-state index contributed by atoms with van der Waals surface area (Å²) in [4.78, 5) is 27.3. The highest BCUT2D eigenvalue weighted by Crippen LogP contribution is 2.36. The highest BCUT2D eigenvalue weighted by Gasteiger charge is 2.53. The van der Waals surface area contributed by atoms with Gasteiger partial charge in [-0.2, -0.15) is 0 Å². The Kier molecular flexibility index (Phi) is 6.59. The molecular formula is C21H33N3O4. The van der Waals surface area contributed by atoms with Crippen LogP contribution in [0.2, 0.25) is 0 Å². The molecule has 0 saturated carbocycles. The zero-order valence-electron chi connectivity index (χ0n) is 17.9. The minimum absolute atomic E-state index is 0.268. The van der Waals surface area contributed by atoms with Gasteiger partial charge in [0.1, 0.15) is 11.3 Å². The molecule has 0 bridgehead atoms. The molecule has 1 aromatic rings. The summed E-state index contributed by atoms with van der Waals surface area (Å²) in [5, 5.41) is 0. The summed E-state index contributed by atoms with van der Waals surface area (Å²) in [6, 6.07) is 8.90. The molecule has 7 nitrogen and oxygen atoms in total. The fraction of sp³-hybridized carbons (Fsp3) is 0.619. The van der Waals surface area contributed by atoms with E-state index in [0.29, 0.717) is 6.42 Å². The minimum Gasteiger partial charge on any atom is -0.444 e. The molecule has 7 heteroatoms. The minimum atomic E-state index is -0.962. The van der Waals surface area contributed by atoms with E-state index in [2.05, 4.69) is 24.7 Å². The number of carbonyl (C=O) groups excluding carboxylic acids is 2. The average Bonchev–Trinajstić information content (AvgIpc) is 2.82. The highest BCUT2D eigenvalue weighted by atomic mass is 16.6. The van der Waals surface area contributed by atoms with Crippen LogP contribution < -0.4 is 10.9 Å². The Hall–Kier alpha value is -2.28. The molecule has 1 unspecified atom stereocenters. The monoisotopic (exact) mass is 391 g/mol. The number of rotatable bonds is 5. The van der Waals surface area contributed by atoms with Crippen LogP contribution in [0.15, 0.2) is 30.3 Å². The lowest BCUT2D eigenvalue weighted by atomic mass is 9.98. The van der Waals surface area contributed by atoms with Crippen molar-refractivity contribution in [1.82, 2.24) is 10.3 Å². The van der Waals surface area contributed by atoms with E-state index < -0.39 is 29.6 Å². The second-order valence-electron chi connectivity index (χ2n) is 9.01. The largest absolute Gasteiger partial charge is 0.444 e. The van der Waals surface area contributed by atoms with E-state index >= 15 is 0 Å². The van der Waals surface area contributed by atoms with Crippen LogP contribution in [0, 0.1) is 5.92 Å². The number of para-hydroxylation sites is 1. The van der Waals surface area contributed by atoms with Crippen LogP contribution in [0.5, 0.6) is 0 Å². The molecule has 0 aliphatic carbocycles. The quantitative estimate of drug-likeness (QED) is 0.744. The van der Waals surface area contributed by atoms with E-state index in [1.807, 2.05) is 51.1 Å². The van der Waals surface area contributed by atoms with Gasteiger partial charge in [0.05, 0.1) is 11.7 Å². The molecule has 1 aliphatic heterocycles. The normalized spacial score (nSPS) is 21.5. The molecule has 1 aliphatic rings. The number of anilines is 1. The molecule has 1 fully saturated rings. The molecule has 2 amide bonds. The zero-order chi connectivity index (χ0) is 21.1. The summed E-state index contributed by atoms with van der Waals surface area (Å²) < 4.78 is 11.6. The first-order chi connectivity index (χ1) is 12.9. The molecule has 1 aromatic carbocycles. The van der Waals surface area contributed by atoms with Crippen LogP contribution in [0.3, 0.4) is 0 Å². The number of carbonyl (C=O) groups is 2. The third kappa shape index (κ3) is 5.61. The van der Waals surface area contributed by atoms with Crippen LogP contribution in [0.1, 0.15) is 54.9 Å². The van der Waals surface area contributed by atoms with Gasteiger partial charge in [0, 0.05) is 0 Å². The zero-order valence-corrected chi connectivity index (χ0v) is 17.9. The highest BCUT2D eigenvalue weighted by molar-refractivity contribution is 5.84. The van der Waals surface area contributed by atoms with Gasteiger partial charge < -0.3 is 9.47 Å². The predicted molar refractivity (Wildman–Crippen MR) is 108 cm³/mol. The van der Waals surface area contributed by atoms with Gasteiger partial charge in [0.25, 0.3) is 5.91 Å². The second-order valence-corrected chi connectivity index (χ2v) is 9.01.